The quantitative estimate of drug-likeness (QED) is 0.693. The van der Waals surface area contributed by atoms with Crippen molar-refractivity contribution in [3.63, 3.8) is 0 Å². The van der Waals surface area contributed by atoms with Gasteiger partial charge in [0.2, 0.25) is 0 Å². The Morgan fingerprint density at radius 1 is 1.11 bits per heavy atom. The molecule has 0 bridgehead atoms. The van der Waals surface area contributed by atoms with Gasteiger partial charge in [0.05, 0.1) is 6.10 Å². The zero-order valence-corrected chi connectivity index (χ0v) is 12.7. The summed E-state index contributed by atoms with van der Waals surface area (Å²) in [7, 11) is 2.05. The van der Waals surface area contributed by atoms with Gasteiger partial charge in [-0.2, -0.15) is 0 Å². The summed E-state index contributed by atoms with van der Waals surface area (Å²) in [4.78, 5) is 0. The molecular weight excluding hydrogens is 234 g/mol. The zero-order chi connectivity index (χ0) is 13.9. The minimum Gasteiger partial charge on any atom is -0.377 e. The summed E-state index contributed by atoms with van der Waals surface area (Å²) in [5, 5.41) is 3.43. The van der Waals surface area contributed by atoms with Crippen LogP contribution in [-0.2, 0) is 11.2 Å². The average molecular weight is 263 g/mol. The number of aryl methyl sites for hydroxylation is 1. The van der Waals surface area contributed by atoms with Crippen LogP contribution < -0.4 is 5.32 Å². The van der Waals surface area contributed by atoms with Gasteiger partial charge in [0, 0.05) is 12.6 Å². The molecule has 2 unspecified atom stereocenters. The minimum absolute atomic E-state index is 0.357. The van der Waals surface area contributed by atoms with E-state index in [9.17, 15) is 0 Å². The minimum atomic E-state index is 0.357. The van der Waals surface area contributed by atoms with Crippen LogP contribution in [0.4, 0.5) is 0 Å². The van der Waals surface area contributed by atoms with Crippen LogP contribution in [0.5, 0.6) is 0 Å². The summed E-state index contributed by atoms with van der Waals surface area (Å²) in [6.07, 6.45) is 6.23. The molecular formula is C17H29NO. The molecule has 0 saturated carbocycles. The summed E-state index contributed by atoms with van der Waals surface area (Å²) in [6, 6.07) is 11.2. The maximum absolute atomic E-state index is 5.88. The van der Waals surface area contributed by atoms with Crippen molar-refractivity contribution < 1.29 is 4.74 Å². The number of hydrogen-bond acceptors (Lipinski definition) is 2. The summed E-state index contributed by atoms with van der Waals surface area (Å²) in [5.74, 6) is 0. The number of hydrogen-bond donors (Lipinski definition) is 1. The lowest BCUT2D eigenvalue weighted by molar-refractivity contribution is 0.0274. The Hall–Kier alpha value is -0.860. The second-order valence-electron chi connectivity index (χ2n) is 5.06. The van der Waals surface area contributed by atoms with Gasteiger partial charge < -0.3 is 10.1 Å². The van der Waals surface area contributed by atoms with E-state index >= 15 is 0 Å². The van der Waals surface area contributed by atoms with Crippen molar-refractivity contribution in [1.82, 2.24) is 5.32 Å². The van der Waals surface area contributed by atoms with Crippen LogP contribution in [0.3, 0.4) is 0 Å². The van der Waals surface area contributed by atoms with E-state index in [4.69, 9.17) is 4.74 Å². The third-order valence-electron chi connectivity index (χ3n) is 3.60. The van der Waals surface area contributed by atoms with E-state index in [0.717, 1.165) is 19.4 Å². The molecule has 2 nitrogen and oxygen atoms in total. The predicted molar refractivity (Wildman–Crippen MR) is 82.5 cm³/mol. The Morgan fingerprint density at radius 3 is 2.42 bits per heavy atom. The number of benzene rings is 1. The van der Waals surface area contributed by atoms with Crippen molar-refractivity contribution in [2.75, 3.05) is 13.7 Å². The highest BCUT2D eigenvalue weighted by atomic mass is 16.5. The smallest absolute Gasteiger partial charge is 0.0727 e. The fourth-order valence-corrected chi connectivity index (χ4v) is 2.59. The van der Waals surface area contributed by atoms with Gasteiger partial charge in [0.15, 0.2) is 0 Å². The van der Waals surface area contributed by atoms with E-state index in [2.05, 4.69) is 56.5 Å². The highest BCUT2D eigenvalue weighted by Crippen LogP contribution is 2.14. The van der Waals surface area contributed by atoms with E-state index in [1.807, 2.05) is 0 Å². The van der Waals surface area contributed by atoms with Crippen LogP contribution >= 0.6 is 0 Å². The molecule has 1 rings (SSSR count). The lowest BCUT2D eigenvalue weighted by Gasteiger charge is -2.26. The molecule has 0 amide bonds. The topological polar surface area (TPSA) is 21.3 Å². The molecule has 0 radical (unpaired) electrons. The van der Waals surface area contributed by atoms with E-state index in [0.29, 0.717) is 12.1 Å². The fourth-order valence-electron chi connectivity index (χ4n) is 2.59. The SMILES string of the molecule is CCCC(OCC)C(CCCc1ccccc1)NC. The van der Waals surface area contributed by atoms with Gasteiger partial charge in [-0.3, -0.25) is 0 Å². The van der Waals surface area contributed by atoms with Gasteiger partial charge in [-0.1, -0.05) is 43.7 Å². The second kappa shape index (κ2) is 9.99. The third-order valence-corrected chi connectivity index (χ3v) is 3.60. The van der Waals surface area contributed by atoms with Crippen LogP contribution in [0.2, 0.25) is 0 Å². The molecule has 0 heterocycles. The Labute approximate surface area is 118 Å². The van der Waals surface area contributed by atoms with Crippen molar-refractivity contribution in [1.29, 1.82) is 0 Å². The third kappa shape index (κ3) is 6.22. The average Bonchev–Trinajstić information content (AvgIpc) is 2.45. The molecule has 0 aliphatic heterocycles. The number of ether oxygens (including phenoxy) is 1. The first-order valence-corrected chi connectivity index (χ1v) is 7.64. The summed E-state index contributed by atoms with van der Waals surface area (Å²) >= 11 is 0. The molecule has 0 aliphatic rings. The van der Waals surface area contributed by atoms with E-state index in [1.165, 1.54) is 24.8 Å². The first-order valence-electron chi connectivity index (χ1n) is 7.64. The number of nitrogens with one attached hydrogen (secondary N) is 1. The normalized spacial score (nSPS) is 14.3. The predicted octanol–water partition coefficient (Wildman–Crippen LogP) is 3.80. The van der Waals surface area contributed by atoms with E-state index in [1.54, 1.807) is 0 Å². The van der Waals surface area contributed by atoms with Gasteiger partial charge in [-0.05, 0) is 45.2 Å². The highest BCUT2D eigenvalue weighted by molar-refractivity contribution is 5.14. The van der Waals surface area contributed by atoms with Gasteiger partial charge in [0.1, 0.15) is 0 Å². The van der Waals surface area contributed by atoms with Crippen molar-refractivity contribution >= 4 is 0 Å². The molecule has 0 aliphatic carbocycles. The lowest BCUT2D eigenvalue weighted by atomic mass is 9.98. The summed E-state index contributed by atoms with van der Waals surface area (Å²) < 4.78 is 5.88. The molecule has 1 aromatic rings. The molecule has 0 aromatic heterocycles. The molecule has 2 atom stereocenters. The van der Waals surface area contributed by atoms with Crippen molar-refractivity contribution in [2.45, 2.75) is 58.1 Å². The van der Waals surface area contributed by atoms with E-state index < -0.39 is 0 Å². The Kier molecular flexibility index (Phi) is 8.52. The van der Waals surface area contributed by atoms with Crippen LogP contribution in [0.25, 0.3) is 0 Å². The maximum Gasteiger partial charge on any atom is 0.0727 e. The van der Waals surface area contributed by atoms with Crippen molar-refractivity contribution in [3.05, 3.63) is 35.9 Å². The van der Waals surface area contributed by atoms with Crippen LogP contribution in [0.15, 0.2) is 30.3 Å². The summed E-state index contributed by atoms with van der Waals surface area (Å²) in [5.41, 5.74) is 1.43. The Balaban J connectivity index is 2.38. The maximum atomic E-state index is 5.88. The second-order valence-corrected chi connectivity index (χ2v) is 5.06. The van der Waals surface area contributed by atoms with E-state index in [-0.39, 0.29) is 0 Å². The van der Waals surface area contributed by atoms with Crippen molar-refractivity contribution in [2.24, 2.45) is 0 Å². The molecule has 2 heteroatoms. The van der Waals surface area contributed by atoms with Gasteiger partial charge >= 0.3 is 0 Å². The molecule has 1 aromatic carbocycles. The van der Waals surface area contributed by atoms with Crippen LogP contribution in [-0.4, -0.2) is 25.8 Å². The molecule has 108 valence electrons. The molecule has 19 heavy (non-hydrogen) atoms. The zero-order valence-electron chi connectivity index (χ0n) is 12.7. The monoisotopic (exact) mass is 263 g/mol. The summed E-state index contributed by atoms with van der Waals surface area (Å²) in [6.45, 7) is 5.11. The fraction of sp³-hybridized carbons (Fsp3) is 0.647. The molecule has 0 fully saturated rings. The first kappa shape index (κ1) is 16.2. The number of likely N-dealkylation sites (N-methyl/N-ethyl adjacent to an activating group) is 1. The Bertz CT molecular complexity index is 306. The van der Waals surface area contributed by atoms with Crippen molar-refractivity contribution in [3.8, 4) is 0 Å². The molecule has 0 spiro atoms. The van der Waals surface area contributed by atoms with Gasteiger partial charge in [-0.25, -0.2) is 0 Å². The van der Waals surface area contributed by atoms with Crippen LogP contribution in [0, 0.1) is 0 Å². The highest BCUT2D eigenvalue weighted by Gasteiger charge is 2.18. The lowest BCUT2D eigenvalue weighted by Crippen LogP contribution is -2.39. The largest absolute Gasteiger partial charge is 0.377 e. The van der Waals surface area contributed by atoms with Gasteiger partial charge in [-0.15, -0.1) is 0 Å². The first-order chi connectivity index (χ1) is 9.31. The van der Waals surface area contributed by atoms with Crippen LogP contribution in [0.1, 0.15) is 45.1 Å². The van der Waals surface area contributed by atoms with Gasteiger partial charge in [0.25, 0.3) is 0 Å². The standard InChI is InChI=1S/C17H29NO/c1-4-10-17(19-5-2)16(18-3)14-9-13-15-11-7-6-8-12-15/h6-8,11-12,16-18H,4-5,9-10,13-14H2,1-3H3. The Morgan fingerprint density at radius 2 is 1.84 bits per heavy atom. The number of rotatable bonds is 10. The molecule has 0 saturated heterocycles. The molecule has 1 N–H and O–H groups in total.